The highest BCUT2D eigenvalue weighted by atomic mass is 15.3. The van der Waals surface area contributed by atoms with Gasteiger partial charge >= 0.3 is 0 Å². The van der Waals surface area contributed by atoms with Gasteiger partial charge in [-0.25, -0.2) is 4.98 Å². The molecule has 1 aliphatic rings. The number of anilines is 2. The number of nitrogens with one attached hydrogen (secondary N) is 1. The molecule has 0 aromatic carbocycles. The third-order valence-corrected chi connectivity index (χ3v) is 3.52. The molecular weight excluding hydrogens is 236 g/mol. The highest BCUT2D eigenvalue weighted by Crippen LogP contribution is 2.19. The molecule has 0 bridgehead atoms. The Balaban J connectivity index is 2.20. The maximum atomic E-state index is 4.75. The average Bonchev–Trinajstić information content (AvgIpc) is 2.68. The van der Waals surface area contributed by atoms with Crippen LogP contribution in [0, 0.1) is 0 Å². The molecule has 0 radical (unpaired) electrons. The van der Waals surface area contributed by atoms with Crippen LogP contribution in [0.5, 0.6) is 0 Å². The van der Waals surface area contributed by atoms with E-state index >= 15 is 0 Å². The predicted octanol–water partition coefficient (Wildman–Crippen LogP) is 3.24. The fourth-order valence-corrected chi connectivity index (χ4v) is 2.55. The van der Waals surface area contributed by atoms with Crippen molar-refractivity contribution >= 4 is 11.8 Å². The SMILES string of the molecule is CCCc1cc(NCC)nc(N2CCCCCC2)n1. The minimum Gasteiger partial charge on any atom is -0.370 e. The van der Waals surface area contributed by atoms with Crippen LogP contribution in [0.25, 0.3) is 0 Å². The largest absolute Gasteiger partial charge is 0.370 e. The average molecular weight is 262 g/mol. The minimum atomic E-state index is 0.905. The molecule has 0 spiro atoms. The van der Waals surface area contributed by atoms with E-state index in [4.69, 9.17) is 4.98 Å². The minimum absolute atomic E-state index is 0.905. The van der Waals surface area contributed by atoms with Crippen molar-refractivity contribution < 1.29 is 0 Å². The summed E-state index contributed by atoms with van der Waals surface area (Å²) in [6.45, 7) is 7.40. The van der Waals surface area contributed by atoms with Crippen LogP contribution in [0.15, 0.2) is 6.07 Å². The topological polar surface area (TPSA) is 41.1 Å². The molecule has 106 valence electrons. The van der Waals surface area contributed by atoms with Crippen molar-refractivity contribution in [3.63, 3.8) is 0 Å². The lowest BCUT2D eigenvalue weighted by Gasteiger charge is -2.21. The first-order valence-corrected chi connectivity index (χ1v) is 7.70. The normalized spacial score (nSPS) is 16.2. The number of rotatable bonds is 5. The van der Waals surface area contributed by atoms with Gasteiger partial charge in [-0.05, 0) is 26.2 Å². The van der Waals surface area contributed by atoms with E-state index < -0.39 is 0 Å². The van der Waals surface area contributed by atoms with Crippen LogP contribution in [0.3, 0.4) is 0 Å². The fourth-order valence-electron chi connectivity index (χ4n) is 2.55. The van der Waals surface area contributed by atoms with Gasteiger partial charge in [-0.3, -0.25) is 0 Å². The molecular formula is C15H26N4. The molecule has 2 rings (SSSR count). The number of aromatic nitrogens is 2. The molecule has 0 atom stereocenters. The van der Waals surface area contributed by atoms with Gasteiger partial charge in [0, 0.05) is 31.4 Å². The van der Waals surface area contributed by atoms with Crippen LogP contribution in [0.1, 0.15) is 51.6 Å². The molecule has 0 saturated carbocycles. The number of hydrogen-bond acceptors (Lipinski definition) is 4. The monoisotopic (exact) mass is 262 g/mol. The summed E-state index contributed by atoms with van der Waals surface area (Å²) in [5.41, 5.74) is 1.16. The summed E-state index contributed by atoms with van der Waals surface area (Å²) in [7, 11) is 0. The van der Waals surface area contributed by atoms with Gasteiger partial charge in [-0.1, -0.05) is 26.2 Å². The molecule has 0 amide bonds. The zero-order valence-electron chi connectivity index (χ0n) is 12.3. The van der Waals surface area contributed by atoms with Crippen molar-refractivity contribution in [1.29, 1.82) is 0 Å². The standard InChI is InChI=1S/C15H26N4/c1-3-9-13-12-14(16-4-2)18-15(17-13)19-10-7-5-6-8-11-19/h12H,3-11H2,1-2H3,(H,16,17,18). The van der Waals surface area contributed by atoms with Crippen LogP contribution in [-0.2, 0) is 6.42 Å². The number of hydrogen-bond donors (Lipinski definition) is 1. The van der Waals surface area contributed by atoms with Gasteiger partial charge in [0.1, 0.15) is 5.82 Å². The summed E-state index contributed by atoms with van der Waals surface area (Å²) in [5.74, 6) is 1.89. The van der Waals surface area contributed by atoms with Gasteiger partial charge < -0.3 is 10.2 Å². The molecule has 2 heterocycles. The van der Waals surface area contributed by atoms with E-state index in [9.17, 15) is 0 Å². The van der Waals surface area contributed by atoms with Gasteiger partial charge in [-0.2, -0.15) is 4.98 Å². The number of nitrogens with zero attached hydrogens (tertiary/aromatic N) is 3. The third kappa shape index (κ3) is 4.08. The van der Waals surface area contributed by atoms with E-state index in [0.717, 1.165) is 49.9 Å². The maximum Gasteiger partial charge on any atom is 0.227 e. The first kappa shape index (κ1) is 14.1. The van der Waals surface area contributed by atoms with E-state index in [1.165, 1.54) is 25.7 Å². The van der Waals surface area contributed by atoms with Crippen LogP contribution in [0.4, 0.5) is 11.8 Å². The lowest BCUT2D eigenvalue weighted by atomic mass is 10.2. The summed E-state index contributed by atoms with van der Waals surface area (Å²) < 4.78 is 0. The summed E-state index contributed by atoms with van der Waals surface area (Å²) in [5, 5.41) is 3.32. The first-order chi connectivity index (χ1) is 9.33. The molecule has 19 heavy (non-hydrogen) atoms. The Bertz CT molecular complexity index is 359. The first-order valence-electron chi connectivity index (χ1n) is 7.70. The third-order valence-electron chi connectivity index (χ3n) is 3.52. The molecule has 4 heteroatoms. The smallest absolute Gasteiger partial charge is 0.227 e. The van der Waals surface area contributed by atoms with E-state index in [1.807, 2.05) is 0 Å². The fraction of sp³-hybridized carbons (Fsp3) is 0.733. The van der Waals surface area contributed by atoms with Gasteiger partial charge in [0.25, 0.3) is 0 Å². The van der Waals surface area contributed by atoms with E-state index in [2.05, 4.69) is 35.1 Å². The molecule has 1 aliphatic heterocycles. The van der Waals surface area contributed by atoms with Crippen molar-refractivity contribution in [3.8, 4) is 0 Å². The molecule has 1 saturated heterocycles. The van der Waals surface area contributed by atoms with Crippen LogP contribution >= 0.6 is 0 Å². The predicted molar refractivity (Wildman–Crippen MR) is 80.9 cm³/mol. The van der Waals surface area contributed by atoms with Crippen molar-refractivity contribution in [2.75, 3.05) is 29.9 Å². The second-order valence-electron chi connectivity index (χ2n) is 5.23. The highest BCUT2D eigenvalue weighted by Gasteiger charge is 2.14. The van der Waals surface area contributed by atoms with E-state index in [-0.39, 0.29) is 0 Å². The second-order valence-corrected chi connectivity index (χ2v) is 5.23. The summed E-state index contributed by atoms with van der Waals surface area (Å²) in [6, 6.07) is 2.09. The summed E-state index contributed by atoms with van der Waals surface area (Å²) in [6.07, 6.45) is 7.36. The maximum absolute atomic E-state index is 4.75. The molecule has 1 N–H and O–H groups in total. The van der Waals surface area contributed by atoms with Gasteiger partial charge in [0.2, 0.25) is 5.95 Å². The van der Waals surface area contributed by atoms with Crippen molar-refractivity contribution in [3.05, 3.63) is 11.8 Å². The zero-order chi connectivity index (χ0) is 13.5. The van der Waals surface area contributed by atoms with Crippen molar-refractivity contribution in [2.45, 2.75) is 52.4 Å². The molecule has 4 nitrogen and oxygen atoms in total. The van der Waals surface area contributed by atoms with Crippen LogP contribution < -0.4 is 10.2 Å². The Kier molecular flexibility index (Phi) is 5.43. The van der Waals surface area contributed by atoms with Crippen LogP contribution in [-0.4, -0.2) is 29.6 Å². The lowest BCUT2D eigenvalue weighted by Crippen LogP contribution is -2.26. The van der Waals surface area contributed by atoms with Crippen LogP contribution in [0.2, 0.25) is 0 Å². The number of aryl methyl sites for hydroxylation is 1. The summed E-state index contributed by atoms with van der Waals surface area (Å²) >= 11 is 0. The Morgan fingerprint density at radius 3 is 2.47 bits per heavy atom. The molecule has 1 aromatic rings. The Morgan fingerprint density at radius 1 is 1.11 bits per heavy atom. The highest BCUT2D eigenvalue weighted by molar-refractivity contribution is 5.44. The molecule has 1 fully saturated rings. The Hall–Kier alpha value is -1.32. The zero-order valence-corrected chi connectivity index (χ0v) is 12.3. The van der Waals surface area contributed by atoms with Crippen molar-refractivity contribution in [2.24, 2.45) is 0 Å². The van der Waals surface area contributed by atoms with E-state index in [1.54, 1.807) is 0 Å². The van der Waals surface area contributed by atoms with Gasteiger partial charge in [0.15, 0.2) is 0 Å². The molecule has 0 unspecified atom stereocenters. The molecule has 1 aromatic heterocycles. The summed E-state index contributed by atoms with van der Waals surface area (Å²) in [4.78, 5) is 11.8. The van der Waals surface area contributed by atoms with Crippen molar-refractivity contribution in [1.82, 2.24) is 9.97 Å². The Labute approximate surface area is 116 Å². The van der Waals surface area contributed by atoms with Gasteiger partial charge in [0.05, 0.1) is 0 Å². The second kappa shape index (κ2) is 7.31. The lowest BCUT2D eigenvalue weighted by molar-refractivity contribution is 0.726. The quantitative estimate of drug-likeness (QED) is 0.884. The Morgan fingerprint density at radius 2 is 1.84 bits per heavy atom. The van der Waals surface area contributed by atoms with E-state index in [0.29, 0.717) is 0 Å². The van der Waals surface area contributed by atoms with Gasteiger partial charge in [-0.15, -0.1) is 0 Å². The molecule has 0 aliphatic carbocycles.